The van der Waals surface area contributed by atoms with Crippen LogP contribution in [0.15, 0.2) is 66.2 Å². The number of esters is 1. The molecule has 0 saturated carbocycles. The van der Waals surface area contributed by atoms with Gasteiger partial charge >= 0.3 is 5.97 Å². The minimum absolute atomic E-state index is 0.0809. The summed E-state index contributed by atoms with van der Waals surface area (Å²) in [4.78, 5) is 12.7. The van der Waals surface area contributed by atoms with E-state index in [1.54, 1.807) is 0 Å². The topological polar surface area (TPSA) is 35.5 Å². The molecule has 2 atom stereocenters. The molecule has 0 amide bonds. The Bertz CT molecular complexity index is 725. The summed E-state index contributed by atoms with van der Waals surface area (Å²) >= 11 is 2.31. The zero-order valence-electron chi connectivity index (χ0n) is 13.4. The predicted octanol–water partition coefficient (Wildman–Crippen LogP) is 4.58. The number of carbonyl (C=O) groups excluding carboxylic acids is 1. The number of carbonyl (C=O) groups is 1. The molecule has 0 bridgehead atoms. The van der Waals surface area contributed by atoms with Gasteiger partial charge in [-0.15, -0.1) is 0 Å². The van der Waals surface area contributed by atoms with Crippen molar-refractivity contribution in [3.05, 3.63) is 77.4 Å². The average Bonchev–Trinajstić information content (AvgIpc) is 3.03. The van der Waals surface area contributed by atoms with Crippen LogP contribution in [-0.4, -0.2) is 23.1 Å². The third kappa shape index (κ3) is 3.34. The first-order chi connectivity index (χ1) is 11.8. The lowest BCUT2D eigenvalue weighted by atomic mass is 9.87. The first-order valence-electron chi connectivity index (χ1n) is 8.00. The summed E-state index contributed by atoms with van der Waals surface area (Å²) in [7, 11) is 0. The van der Waals surface area contributed by atoms with E-state index in [-0.39, 0.29) is 18.0 Å². The van der Waals surface area contributed by atoms with Gasteiger partial charge in [-0.1, -0.05) is 83.3 Å². The van der Waals surface area contributed by atoms with E-state index < -0.39 is 0 Å². The van der Waals surface area contributed by atoms with E-state index in [2.05, 4.69) is 22.6 Å². The van der Waals surface area contributed by atoms with Crippen molar-refractivity contribution in [3.8, 4) is 0 Å². The van der Waals surface area contributed by atoms with Crippen LogP contribution in [0.4, 0.5) is 0 Å². The highest BCUT2D eigenvalue weighted by atomic mass is 127. The molecular formula is C20H19IO3. The molecule has 0 N–H and O–H groups in total. The van der Waals surface area contributed by atoms with E-state index in [4.69, 9.17) is 9.47 Å². The smallest absolute Gasteiger partial charge is 0.338 e. The Labute approximate surface area is 155 Å². The maximum absolute atomic E-state index is 12.7. The lowest BCUT2D eigenvalue weighted by Gasteiger charge is -2.19. The Kier molecular flexibility index (Phi) is 5.56. The van der Waals surface area contributed by atoms with Crippen molar-refractivity contribution in [2.75, 3.05) is 11.0 Å². The van der Waals surface area contributed by atoms with Crippen LogP contribution in [0.5, 0.6) is 0 Å². The van der Waals surface area contributed by atoms with Crippen molar-refractivity contribution in [2.24, 2.45) is 0 Å². The number of halogens is 1. The molecule has 0 aromatic heterocycles. The summed E-state index contributed by atoms with van der Waals surface area (Å²) in [6, 6.07) is 19.8. The van der Waals surface area contributed by atoms with Crippen LogP contribution in [0.1, 0.15) is 24.0 Å². The molecule has 0 radical (unpaired) electrons. The Morgan fingerprint density at radius 2 is 1.71 bits per heavy atom. The molecule has 0 unspecified atom stereocenters. The van der Waals surface area contributed by atoms with Crippen molar-refractivity contribution in [1.29, 1.82) is 0 Å². The fraction of sp³-hybridized carbons (Fsp3) is 0.250. The van der Waals surface area contributed by atoms with Gasteiger partial charge in [0.15, 0.2) is 0 Å². The average molecular weight is 434 g/mol. The highest BCUT2D eigenvalue weighted by molar-refractivity contribution is 14.1. The van der Waals surface area contributed by atoms with Gasteiger partial charge in [0.1, 0.15) is 11.9 Å². The number of benzene rings is 2. The van der Waals surface area contributed by atoms with E-state index >= 15 is 0 Å². The highest BCUT2D eigenvalue weighted by Crippen LogP contribution is 2.44. The molecule has 24 heavy (non-hydrogen) atoms. The summed E-state index contributed by atoms with van der Waals surface area (Å²) in [5.41, 5.74) is 2.61. The third-order valence-electron chi connectivity index (χ3n) is 4.04. The molecule has 124 valence electrons. The summed E-state index contributed by atoms with van der Waals surface area (Å²) < 4.78 is 12.3. The van der Waals surface area contributed by atoms with Crippen LogP contribution < -0.4 is 0 Å². The van der Waals surface area contributed by atoms with Crippen molar-refractivity contribution >= 4 is 34.3 Å². The molecule has 0 aliphatic carbocycles. The minimum atomic E-state index is -0.294. The number of hydrogen-bond acceptors (Lipinski definition) is 3. The van der Waals surface area contributed by atoms with E-state index in [0.29, 0.717) is 17.9 Å². The maximum Gasteiger partial charge on any atom is 0.338 e. The van der Waals surface area contributed by atoms with Gasteiger partial charge in [-0.05, 0) is 12.5 Å². The summed E-state index contributed by atoms with van der Waals surface area (Å²) in [5.74, 6) is 0.236. The monoisotopic (exact) mass is 434 g/mol. The van der Waals surface area contributed by atoms with Crippen molar-refractivity contribution in [1.82, 2.24) is 0 Å². The molecule has 4 heteroatoms. The fourth-order valence-electron chi connectivity index (χ4n) is 3.01. The molecule has 0 spiro atoms. The molecule has 1 heterocycles. The van der Waals surface area contributed by atoms with Gasteiger partial charge in [-0.25, -0.2) is 4.79 Å². The molecule has 1 aliphatic heterocycles. The van der Waals surface area contributed by atoms with Crippen LogP contribution in [0.2, 0.25) is 0 Å². The van der Waals surface area contributed by atoms with E-state index in [0.717, 1.165) is 15.6 Å². The summed E-state index contributed by atoms with van der Waals surface area (Å²) in [6.45, 7) is 2.17. The van der Waals surface area contributed by atoms with Gasteiger partial charge < -0.3 is 9.47 Å². The Morgan fingerprint density at radius 1 is 1.08 bits per heavy atom. The van der Waals surface area contributed by atoms with Crippen molar-refractivity contribution in [3.63, 3.8) is 0 Å². The lowest BCUT2D eigenvalue weighted by Crippen LogP contribution is -2.22. The van der Waals surface area contributed by atoms with E-state index in [1.165, 1.54) is 0 Å². The number of alkyl halides is 1. The minimum Gasteiger partial charge on any atom is -0.487 e. The standard InChI is InChI=1S/C20H19IO3/c1-2-23-20(22)18-17(14-9-5-3-6-10-14)16(13-21)24-19(18)15-11-7-4-8-12-15/h3-12,16-17H,2,13H2,1H3/t16-,17-/m0/s1. The highest BCUT2D eigenvalue weighted by Gasteiger charge is 2.41. The second-order valence-electron chi connectivity index (χ2n) is 5.53. The van der Waals surface area contributed by atoms with Gasteiger partial charge in [0.2, 0.25) is 0 Å². The quantitative estimate of drug-likeness (QED) is 0.393. The molecule has 0 fully saturated rings. The number of hydrogen-bond donors (Lipinski definition) is 0. The van der Waals surface area contributed by atoms with Gasteiger partial charge in [0.05, 0.1) is 18.1 Å². The van der Waals surface area contributed by atoms with Crippen molar-refractivity contribution < 1.29 is 14.3 Å². The van der Waals surface area contributed by atoms with Gasteiger partial charge in [-0.2, -0.15) is 0 Å². The second kappa shape index (κ2) is 7.83. The first-order valence-corrected chi connectivity index (χ1v) is 9.53. The van der Waals surface area contributed by atoms with Crippen LogP contribution >= 0.6 is 22.6 Å². The Balaban J connectivity index is 2.13. The van der Waals surface area contributed by atoms with Gasteiger partial charge in [-0.3, -0.25) is 0 Å². The number of ether oxygens (including phenoxy) is 2. The maximum atomic E-state index is 12.7. The molecular weight excluding hydrogens is 415 g/mol. The third-order valence-corrected chi connectivity index (χ3v) is 4.91. The SMILES string of the molecule is CCOC(=O)C1=C(c2ccccc2)O[C@@H](CI)[C@@H]1c1ccccc1. The second-order valence-corrected chi connectivity index (χ2v) is 6.41. The Hall–Kier alpha value is -1.82. The molecule has 3 rings (SSSR count). The van der Waals surface area contributed by atoms with Gasteiger partial charge in [0, 0.05) is 9.99 Å². The fourth-order valence-corrected chi connectivity index (χ4v) is 3.70. The molecule has 0 saturated heterocycles. The van der Waals surface area contributed by atoms with Crippen LogP contribution in [0.25, 0.3) is 5.76 Å². The van der Waals surface area contributed by atoms with Gasteiger partial charge in [0.25, 0.3) is 0 Å². The molecule has 1 aliphatic rings. The largest absolute Gasteiger partial charge is 0.487 e. The van der Waals surface area contributed by atoms with E-state index in [1.807, 2.05) is 67.6 Å². The summed E-state index contributed by atoms with van der Waals surface area (Å²) in [6.07, 6.45) is -0.0809. The lowest BCUT2D eigenvalue weighted by molar-refractivity contribution is -0.138. The zero-order chi connectivity index (χ0) is 16.9. The molecule has 3 nitrogen and oxygen atoms in total. The van der Waals surface area contributed by atoms with Crippen molar-refractivity contribution in [2.45, 2.75) is 18.9 Å². The molecule has 2 aromatic rings. The normalized spacial score (nSPS) is 19.9. The van der Waals surface area contributed by atoms with Crippen LogP contribution in [-0.2, 0) is 14.3 Å². The number of rotatable bonds is 5. The van der Waals surface area contributed by atoms with Crippen LogP contribution in [0.3, 0.4) is 0 Å². The zero-order valence-corrected chi connectivity index (χ0v) is 15.6. The van der Waals surface area contributed by atoms with Crippen LogP contribution in [0, 0.1) is 0 Å². The Morgan fingerprint density at radius 3 is 2.29 bits per heavy atom. The van der Waals surface area contributed by atoms with E-state index in [9.17, 15) is 4.79 Å². The summed E-state index contributed by atoms with van der Waals surface area (Å²) in [5, 5.41) is 0. The molecule has 2 aromatic carbocycles. The predicted molar refractivity (Wildman–Crippen MR) is 103 cm³/mol. The first kappa shape index (κ1) is 17.0.